The van der Waals surface area contributed by atoms with Crippen LogP contribution in [0.1, 0.15) is 32.6 Å². The zero-order valence-corrected chi connectivity index (χ0v) is 16.8. The number of hydrogen-bond acceptors (Lipinski definition) is 4. The van der Waals surface area contributed by atoms with E-state index in [2.05, 4.69) is 5.32 Å². The van der Waals surface area contributed by atoms with Crippen molar-refractivity contribution in [1.82, 2.24) is 5.32 Å². The maximum atomic E-state index is 12.8. The highest BCUT2D eigenvalue weighted by molar-refractivity contribution is 7.92. The Morgan fingerprint density at radius 3 is 2.62 bits per heavy atom. The lowest BCUT2D eigenvalue weighted by atomic mass is 9.95. The largest absolute Gasteiger partial charge is 0.495 e. The van der Waals surface area contributed by atoms with Gasteiger partial charge in [0, 0.05) is 11.1 Å². The zero-order chi connectivity index (χ0) is 19.1. The molecule has 144 valence electrons. The van der Waals surface area contributed by atoms with Crippen LogP contribution in [0.3, 0.4) is 0 Å². The summed E-state index contributed by atoms with van der Waals surface area (Å²) in [6.07, 6.45) is 5.61. The van der Waals surface area contributed by atoms with Gasteiger partial charge in [-0.1, -0.05) is 18.0 Å². The molecule has 1 aromatic rings. The molecule has 2 aliphatic carbocycles. The number of sulfonamides is 1. The van der Waals surface area contributed by atoms with E-state index in [1.165, 1.54) is 19.6 Å². The number of rotatable bonds is 6. The summed E-state index contributed by atoms with van der Waals surface area (Å²) in [4.78, 5) is 12.8. The molecule has 1 aromatic carbocycles. The monoisotopic (exact) mass is 400 g/mol. The van der Waals surface area contributed by atoms with Crippen LogP contribution in [0.2, 0.25) is 5.02 Å². The molecule has 4 atom stereocenters. The summed E-state index contributed by atoms with van der Waals surface area (Å²) in [5, 5.41) is 3.44. The van der Waals surface area contributed by atoms with E-state index >= 15 is 0 Å². The summed E-state index contributed by atoms with van der Waals surface area (Å²) in [7, 11) is -2.27. The quantitative estimate of drug-likeness (QED) is 0.796. The predicted molar refractivity (Wildman–Crippen MR) is 102 cm³/mol. The maximum absolute atomic E-state index is 12.8. The first-order valence-electron chi connectivity index (χ1n) is 8.84. The molecular formula is C18H25ClN2O4S. The number of anilines is 1. The van der Waals surface area contributed by atoms with Gasteiger partial charge in [-0.3, -0.25) is 9.10 Å². The Bertz CT molecular complexity index is 798. The van der Waals surface area contributed by atoms with Crippen LogP contribution >= 0.6 is 11.6 Å². The molecule has 4 unspecified atom stereocenters. The molecule has 1 amide bonds. The van der Waals surface area contributed by atoms with Crippen molar-refractivity contribution >= 4 is 33.2 Å². The summed E-state index contributed by atoms with van der Waals surface area (Å²) in [5.41, 5.74) is 0.262. The second-order valence-corrected chi connectivity index (χ2v) is 9.64. The molecule has 0 heterocycles. The van der Waals surface area contributed by atoms with Gasteiger partial charge in [-0.15, -0.1) is 0 Å². The van der Waals surface area contributed by atoms with E-state index in [0.717, 1.165) is 29.8 Å². The van der Waals surface area contributed by atoms with Crippen molar-refractivity contribution in [3.05, 3.63) is 23.2 Å². The van der Waals surface area contributed by atoms with Crippen LogP contribution in [-0.4, -0.2) is 39.8 Å². The second kappa shape index (κ2) is 7.27. The normalized spacial score (nSPS) is 25.8. The van der Waals surface area contributed by atoms with Crippen LogP contribution in [0.4, 0.5) is 5.69 Å². The second-order valence-electron chi connectivity index (χ2n) is 7.34. The van der Waals surface area contributed by atoms with Gasteiger partial charge in [-0.2, -0.15) is 0 Å². The summed E-state index contributed by atoms with van der Waals surface area (Å²) >= 11 is 6.05. The number of carbonyl (C=O) groups excluding carboxylic acids is 1. The van der Waals surface area contributed by atoms with E-state index < -0.39 is 16.1 Å². The fourth-order valence-electron chi connectivity index (χ4n) is 4.34. The van der Waals surface area contributed by atoms with Crippen LogP contribution < -0.4 is 14.4 Å². The minimum Gasteiger partial charge on any atom is -0.495 e. The minimum atomic E-state index is -3.72. The van der Waals surface area contributed by atoms with Crippen molar-refractivity contribution in [2.75, 3.05) is 17.7 Å². The highest BCUT2D eigenvalue weighted by atomic mass is 35.5. The van der Waals surface area contributed by atoms with E-state index in [4.69, 9.17) is 16.3 Å². The third-order valence-electron chi connectivity index (χ3n) is 5.53. The molecule has 2 fully saturated rings. The number of nitrogens with zero attached hydrogens (tertiary/aromatic N) is 1. The predicted octanol–water partition coefficient (Wildman–Crippen LogP) is 2.81. The molecule has 0 aliphatic heterocycles. The Hall–Kier alpha value is -1.47. The first-order valence-corrected chi connectivity index (χ1v) is 11.1. The van der Waals surface area contributed by atoms with E-state index in [9.17, 15) is 13.2 Å². The Kier molecular flexibility index (Phi) is 5.40. The number of hydrogen-bond donors (Lipinski definition) is 1. The van der Waals surface area contributed by atoms with Crippen molar-refractivity contribution in [2.45, 2.75) is 44.7 Å². The van der Waals surface area contributed by atoms with Crippen molar-refractivity contribution < 1.29 is 17.9 Å². The number of nitrogens with one attached hydrogen (secondary N) is 1. The fraction of sp³-hybridized carbons (Fsp3) is 0.611. The Labute approximate surface area is 159 Å². The lowest BCUT2D eigenvalue weighted by Gasteiger charge is -2.31. The van der Waals surface area contributed by atoms with Gasteiger partial charge in [-0.25, -0.2) is 8.42 Å². The molecular weight excluding hydrogens is 376 g/mol. The molecule has 3 rings (SSSR count). The van der Waals surface area contributed by atoms with Crippen LogP contribution in [0, 0.1) is 11.8 Å². The molecule has 0 spiro atoms. The average Bonchev–Trinajstić information content (AvgIpc) is 3.16. The molecule has 2 bridgehead atoms. The van der Waals surface area contributed by atoms with Gasteiger partial charge in [0.1, 0.15) is 11.8 Å². The van der Waals surface area contributed by atoms with Crippen molar-refractivity contribution in [2.24, 2.45) is 11.8 Å². The Morgan fingerprint density at radius 2 is 2.08 bits per heavy atom. The van der Waals surface area contributed by atoms with Crippen molar-refractivity contribution in [3.8, 4) is 5.75 Å². The van der Waals surface area contributed by atoms with Crippen LogP contribution in [-0.2, 0) is 14.8 Å². The van der Waals surface area contributed by atoms with Gasteiger partial charge in [-0.05, 0) is 56.2 Å². The summed E-state index contributed by atoms with van der Waals surface area (Å²) in [5.74, 6) is 1.26. The van der Waals surface area contributed by atoms with Gasteiger partial charge >= 0.3 is 0 Å². The molecule has 2 aliphatic rings. The highest BCUT2D eigenvalue weighted by Crippen LogP contribution is 2.44. The van der Waals surface area contributed by atoms with Crippen LogP contribution in [0.5, 0.6) is 5.75 Å². The number of amides is 1. The van der Waals surface area contributed by atoms with Crippen molar-refractivity contribution in [1.29, 1.82) is 0 Å². The van der Waals surface area contributed by atoms with Gasteiger partial charge < -0.3 is 10.1 Å². The Balaban J connectivity index is 1.86. The SMILES string of the molecule is COc1ccc(Cl)cc1N(C(C)C(=O)NC1CC2CCC1C2)S(C)(=O)=O. The standard InChI is InChI=1S/C18H25ClN2O4S/c1-11(18(22)20-15-9-12-4-5-13(15)8-12)21(26(3,23)24)16-10-14(19)6-7-17(16)25-2/h6-7,10-13,15H,4-5,8-9H2,1-3H3,(H,20,22). The molecule has 6 nitrogen and oxygen atoms in total. The molecule has 2 saturated carbocycles. The third-order valence-corrected chi connectivity index (χ3v) is 7.00. The lowest BCUT2D eigenvalue weighted by molar-refractivity contribution is -0.122. The number of ether oxygens (including phenoxy) is 1. The number of halogens is 1. The number of methoxy groups -OCH3 is 1. The molecule has 0 aromatic heterocycles. The van der Waals surface area contributed by atoms with Crippen molar-refractivity contribution in [3.63, 3.8) is 0 Å². The smallest absolute Gasteiger partial charge is 0.243 e. The van der Waals surface area contributed by atoms with Gasteiger partial charge in [0.2, 0.25) is 15.9 Å². The first kappa shape index (κ1) is 19.3. The fourth-order valence-corrected chi connectivity index (χ4v) is 5.68. The maximum Gasteiger partial charge on any atom is 0.243 e. The summed E-state index contributed by atoms with van der Waals surface area (Å²) in [6, 6.07) is 3.95. The van der Waals surface area contributed by atoms with E-state index in [1.54, 1.807) is 19.1 Å². The number of fused-ring (bicyclic) bond motifs is 2. The molecule has 1 N–H and O–H groups in total. The van der Waals surface area contributed by atoms with Gasteiger partial charge in [0.15, 0.2) is 0 Å². The molecule has 0 radical (unpaired) electrons. The minimum absolute atomic E-state index is 0.145. The van der Waals surface area contributed by atoms with E-state index in [1.807, 2.05) is 0 Å². The van der Waals surface area contributed by atoms with Crippen LogP contribution in [0.15, 0.2) is 18.2 Å². The summed E-state index contributed by atoms with van der Waals surface area (Å²) < 4.78 is 31.3. The number of benzene rings is 1. The molecule has 0 saturated heterocycles. The topological polar surface area (TPSA) is 75.7 Å². The number of carbonyl (C=O) groups is 1. The molecule has 26 heavy (non-hydrogen) atoms. The van der Waals surface area contributed by atoms with E-state index in [-0.39, 0.29) is 17.6 Å². The third kappa shape index (κ3) is 3.78. The lowest BCUT2D eigenvalue weighted by Crippen LogP contribution is -2.51. The van der Waals surface area contributed by atoms with Gasteiger partial charge in [0.25, 0.3) is 0 Å². The van der Waals surface area contributed by atoms with Crippen LogP contribution in [0.25, 0.3) is 0 Å². The average molecular weight is 401 g/mol. The van der Waals surface area contributed by atoms with Gasteiger partial charge in [0.05, 0.1) is 19.1 Å². The first-order chi connectivity index (χ1) is 12.2. The Morgan fingerprint density at radius 1 is 1.35 bits per heavy atom. The highest BCUT2D eigenvalue weighted by Gasteiger charge is 2.41. The molecule has 8 heteroatoms. The van der Waals surface area contributed by atoms with E-state index in [0.29, 0.717) is 22.6 Å². The zero-order valence-electron chi connectivity index (χ0n) is 15.2. The summed E-state index contributed by atoms with van der Waals surface area (Å²) in [6.45, 7) is 1.59.